The third-order valence-corrected chi connectivity index (χ3v) is 13.8. The van der Waals surface area contributed by atoms with Gasteiger partial charge in [0.25, 0.3) is 0 Å². The van der Waals surface area contributed by atoms with Crippen molar-refractivity contribution in [3.05, 3.63) is 36.8 Å². The van der Waals surface area contributed by atoms with E-state index in [4.69, 9.17) is 19.5 Å². The van der Waals surface area contributed by atoms with Gasteiger partial charge in [-0.05, 0) is 18.2 Å². The Labute approximate surface area is 324 Å². The maximum atomic E-state index is 12.7. The van der Waals surface area contributed by atoms with Crippen molar-refractivity contribution in [2.24, 2.45) is 5.41 Å². The normalized spacial score (nSPS) is 22.8. The highest BCUT2D eigenvalue weighted by atomic mass is 32.7. The Bertz CT molecular complexity index is 1870. The van der Waals surface area contributed by atoms with Crippen molar-refractivity contribution in [3.63, 3.8) is 0 Å². The minimum atomic E-state index is -5.57. The van der Waals surface area contributed by atoms with Crippen LogP contribution in [0.25, 0.3) is 11.2 Å². The van der Waals surface area contributed by atoms with Gasteiger partial charge in [-0.15, -0.1) is 6.58 Å². The fourth-order valence-electron chi connectivity index (χ4n) is 4.80. The third kappa shape index (κ3) is 14.7. The van der Waals surface area contributed by atoms with Crippen LogP contribution in [0.15, 0.2) is 36.8 Å². The fourth-order valence-corrected chi connectivity index (χ4v) is 9.64. The first-order valence-electron chi connectivity index (χ1n) is 16.4. The van der Waals surface area contributed by atoms with E-state index in [0.717, 1.165) is 30.1 Å². The molecule has 29 heteroatoms. The van der Waals surface area contributed by atoms with Gasteiger partial charge >= 0.3 is 23.5 Å². The van der Waals surface area contributed by atoms with Crippen molar-refractivity contribution in [1.29, 1.82) is 0 Å². The number of nitrogens with one attached hydrogen (secondary N) is 2. The van der Waals surface area contributed by atoms with E-state index in [-0.39, 0.29) is 44.2 Å². The zero-order chi connectivity index (χ0) is 41.9. The topological polar surface area (TPSA) is 364 Å². The summed E-state index contributed by atoms with van der Waals surface area (Å²) in [5.74, 6) is -0.965. The summed E-state index contributed by atoms with van der Waals surface area (Å²) in [5.41, 5.74) is 4.26. The van der Waals surface area contributed by atoms with Gasteiger partial charge in [-0.2, -0.15) is 14.8 Å². The van der Waals surface area contributed by atoms with Crippen LogP contribution < -0.4 is 16.4 Å². The molecule has 56 heavy (non-hydrogen) atoms. The number of ether oxygens (including phenoxy) is 1. The number of thiol groups is 1. The van der Waals surface area contributed by atoms with Crippen LogP contribution in [-0.4, -0.2) is 118 Å². The first kappa shape index (κ1) is 47.8. The molecule has 316 valence electrons. The van der Waals surface area contributed by atoms with Crippen LogP contribution in [0.1, 0.15) is 39.3 Å². The Hall–Kier alpha value is -2.53. The number of fused-ring (bicyclic) bond motifs is 1. The van der Waals surface area contributed by atoms with E-state index in [1.807, 2.05) is 11.5 Å². The number of nitrogens with zero attached hydrogens (tertiary/aromatic N) is 4. The fraction of sp³-hybridized carbons (Fsp3) is 0.593. The van der Waals surface area contributed by atoms with E-state index in [1.165, 1.54) is 13.8 Å². The molecule has 0 spiro atoms. The third-order valence-electron chi connectivity index (χ3n) is 7.66. The van der Waals surface area contributed by atoms with Gasteiger partial charge in [0.1, 0.15) is 36.3 Å². The molecule has 0 aromatic carbocycles. The molecule has 1 fully saturated rings. The van der Waals surface area contributed by atoms with E-state index < -0.39 is 95.1 Å². The monoisotopic (exact) mass is 895 g/mol. The van der Waals surface area contributed by atoms with Gasteiger partial charge in [0, 0.05) is 30.7 Å². The molecule has 1 saturated heterocycles. The lowest BCUT2D eigenvalue weighted by Gasteiger charge is -2.30. The zero-order valence-corrected chi connectivity index (χ0v) is 34.4. The average Bonchev–Trinajstić information content (AvgIpc) is 3.67. The van der Waals surface area contributed by atoms with Crippen LogP contribution in [0.4, 0.5) is 5.82 Å². The summed E-state index contributed by atoms with van der Waals surface area (Å²) < 4.78 is 73.5. The van der Waals surface area contributed by atoms with Gasteiger partial charge in [-0.1, -0.05) is 26.0 Å². The number of phosphoric ester groups is 3. The van der Waals surface area contributed by atoms with Crippen molar-refractivity contribution in [1.82, 2.24) is 30.2 Å². The molecule has 8 atom stereocenters. The lowest BCUT2D eigenvalue weighted by molar-refractivity contribution is -0.137. The average molecular weight is 896 g/mol. The molecule has 4 unspecified atom stereocenters. The summed E-state index contributed by atoms with van der Waals surface area (Å²) in [5, 5.41) is 28.3. The number of nitrogen functional groups attached to an aromatic ring is 1. The number of aliphatic hydroxyl groups excluding tert-OH is 2. The SMILES string of the molecule is C=CCCC=C[SH](CCNC(=O)CCNC(=O)C(O)C(C)(C)COP(=O)(O)OP(=O)(O)OC[C@H]1O[C@@H](n2cnc3c(N)ncnc32)[C@H](O)[C@@H]1OP(=O)(O)O)P=O. The largest absolute Gasteiger partial charge is 0.481 e. The molecule has 3 heterocycles. The maximum Gasteiger partial charge on any atom is 0.481 e. The van der Waals surface area contributed by atoms with Crippen LogP contribution in [0.3, 0.4) is 0 Å². The number of hydrogen-bond donors (Lipinski definition) is 10. The molecule has 0 saturated carbocycles. The molecule has 2 aromatic rings. The number of anilines is 1. The van der Waals surface area contributed by atoms with Crippen molar-refractivity contribution >= 4 is 70.4 Å². The molecule has 1 aliphatic heterocycles. The molecular weight excluding hydrogens is 850 g/mol. The lowest BCUT2D eigenvalue weighted by Crippen LogP contribution is -2.46. The number of imidazole rings is 1. The Balaban J connectivity index is 1.50. The smallest absolute Gasteiger partial charge is 0.386 e. The Kier molecular flexibility index (Phi) is 17.9. The summed E-state index contributed by atoms with van der Waals surface area (Å²) >= 11 is 0. The highest BCUT2D eigenvalue weighted by molar-refractivity contribution is 8.59. The molecule has 1 aliphatic rings. The number of hydrogen-bond acceptors (Lipinski definition) is 17. The second-order valence-corrected chi connectivity index (χ2v) is 20.6. The number of aliphatic hydroxyl groups is 2. The minimum absolute atomic E-state index is 0.0304. The Morgan fingerprint density at radius 3 is 2.48 bits per heavy atom. The molecular formula is C27H45N7O17P4S. The zero-order valence-electron chi connectivity index (χ0n) is 29.9. The van der Waals surface area contributed by atoms with Crippen molar-refractivity contribution in [2.75, 3.05) is 37.8 Å². The lowest BCUT2D eigenvalue weighted by atomic mass is 9.87. The van der Waals surface area contributed by atoms with E-state index in [2.05, 4.69) is 41.0 Å². The van der Waals surface area contributed by atoms with Crippen molar-refractivity contribution in [2.45, 2.75) is 63.8 Å². The summed E-state index contributed by atoms with van der Waals surface area (Å²) in [4.78, 5) is 75.7. The molecule has 2 amide bonds. The number of rotatable bonds is 24. The first-order valence-corrected chi connectivity index (χ1v) is 24.0. The van der Waals surface area contributed by atoms with E-state index >= 15 is 0 Å². The molecule has 0 aliphatic carbocycles. The summed E-state index contributed by atoms with van der Waals surface area (Å²) in [6.07, 6.45) is -1.68. The van der Waals surface area contributed by atoms with Crippen molar-refractivity contribution < 1.29 is 80.3 Å². The predicted octanol–water partition coefficient (Wildman–Crippen LogP) is 1.09. The number of amides is 2. The van der Waals surface area contributed by atoms with Crippen LogP contribution in [-0.2, 0) is 50.5 Å². The molecule has 2 aromatic heterocycles. The minimum Gasteiger partial charge on any atom is -0.386 e. The maximum absolute atomic E-state index is 12.7. The van der Waals surface area contributed by atoms with Crippen LogP contribution >= 0.6 is 41.6 Å². The number of allylic oxidation sites excluding steroid dienone is 2. The molecule has 24 nitrogen and oxygen atoms in total. The second kappa shape index (κ2) is 20.9. The predicted molar refractivity (Wildman–Crippen MR) is 200 cm³/mol. The number of aromatic nitrogens is 4. The van der Waals surface area contributed by atoms with Gasteiger partial charge in [-0.3, -0.25) is 32.3 Å². The standard InChI is InChI=1S/C27H45N7O17P4S/c1-4-5-6-7-11-56(52-39)12-10-29-18(35)8-9-30-25(38)22(37)27(2,3)14-48-55(45,46)51-54(43,44)47-13-17-21(50-53(40,41)42)20(36)26(49-17)34-16-33-19-23(28)31-15-32-24(19)34/h4,7,11,15-17,20-22,26,36-37,56H,1,5-6,8-10,12-14H2,2-3H3,(H,29,35)(H,30,38)(H,43,44)(H,45,46)(H2,28,31,32)(H2,40,41,42)/t17-,20-,21-,22?,26-/m1/s1. The molecule has 0 radical (unpaired) electrons. The van der Waals surface area contributed by atoms with Crippen molar-refractivity contribution in [3.8, 4) is 0 Å². The second-order valence-electron chi connectivity index (χ2n) is 12.6. The van der Waals surface area contributed by atoms with Crippen LogP contribution in [0.2, 0.25) is 0 Å². The van der Waals surface area contributed by atoms with Gasteiger partial charge < -0.3 is 50.9 Å². The summed E-state index contributed by atoms with van der Waals surface area (Å²) in [7, 11) is -17.4. The number of carbonyl (C=O) groups excluding carboxylic acids is 2. The number of nitrogens with two attached hydrogens (primary N) is 1. The summed E-state index contributed by atoms with van der Waals surface area (Å²) in [6, 6.07) is 0. The highest BCUT2D eigenvalue weighted by Crippen LogP contribution is 2.61. The van der Waals surface area contributed by atoms with Gasteiger partial charge in [0.05, 0.1) is 19.5 Å². The Morgan fingerprint density at radius 1 is 1.12 bits per heavy atom. The number of phosphoric acid groups is 3. The number of unbranched alkanes of at least 4 members (excludes halogenated alkanes) is 1. The Morgan fingerprint density at radius 2 is 1.82 bits per heavy atom. The van der Waals surface area contributed by atoms with E-state index in [9.17, 15) is 57.6 Å². The van der Waals surface area contributed by atoms with Gasteiger partial charge in [-0.25, -0.2) is 28.6 Å². The molecule has 3 rings (SSSR count). The van der Waals surface area contributed by atoms with Gasteiger partial charge in [0.2, 0.25) is 19.5 Å². The first-order chi connectivity index (χ1) is 26.1. The van der Waals surface area contributed by atoms with Gasteiger partial charge in [0.15, 0.2) is 17.7 Å². The quantitative estimate of drug-likeness (QED) is 0.0305. The van der Waals surface area contributed by atoms with E-state index in [1.54, 1.807) is 6.08 Å². The number of carbonyl (C=O) groups is 2. The highest BCUT2D eigenvalue weighted by Gasteiger charge is 2.50. The molecule has 0 bridgehead atoms. The molecule has 10 N–H and O–H groups in total. The summed E-state index contributed by atoms with van der Waals surface area (Å²) in [6.45, 7) is 4.18. The van der Waals surface area contributed by atoms with Crippen LogP contribution in [0.5, 0.6) is 0 Å². The van der Waals surface area contributed by atoms with Crippen LogP contribution in [0, 0.1) is 5.41 Å². The van der Waals surface area contributed by atoms with E-state index in [0.29, 0.717) is 5.75 Å².